The molecule has 0 saturated heterocycles. The van der Waals surface area contributed by atoms with Crippen LogP contribution < -0.4 is 0 Å². The first kappa shape index (κ1) is 10.8. The molecule has 0 fully saturated rings. The lowest BCUT2D eigenvalue weighted by Crippen LogP contribution is -2.04. The van der Waals surface area contributed by atoms with E-state index in [9.17, 15) is 0 Å². The van der Waals surface area contributed by atoms with Crippen molar-refractivity contribution >= 4 is 35.1 Å². The molecular formula is C9H15ClS2. The molecule has 0 N–H and O–H groups in total. The lowest BCUT2D eigenvalue weighted by Gasteiger charge is -2.20. The van der Waals surface area contributed by atoms with Crippen molar-refractivity contribution in [2.24, 2.45) is 0 Å². The molecule has 70 valence electrons. The van der Waals surface area contributed by atoms with Gasteiger partial charge in [0.05, 0.1) is 5.38 Å². The molecule has 0 bridgehead atoms. The zero-order valence-electron chi connectivity index (χ0n) is 7.60. The second-order valence-electron chi connectivity index (χ2n) is 2.85. The average Bonchev–Trinajstić information content (AvgIpc) is 2.05. The Hall–Kier alpha value is 0.730. The van der Waals surface area contributed by atoms with E-state index in [1.165, 1.54) is 34.2 Å². The molecule has 0 aromatic rings. The van der Waals surface area contributed by atoms with Crippen LogP contribution in [0.1, 0.15) is 26.7 Å². The van der Waals surface area contributed by atoms with Crippen molar-refractivity contribution in [3.63, 3.8) is 0 Å². The van der Waals surface area contributed by atoms with Crippen LogP contribution >= 0.6 is 35.1 Å². The van der Waals surface area contributed by atoms with Crippen LogP contribution in [-0.2, 0) is 0 Å². The van der Waals surface area contributed by atoms with E-state index in [1.54, 1.807) is 0 Å². The van der Waals surface area contributed by atoms with Crippen LogP contribution in [-0.4, -0.2) is 16.9 Å². The summed E-state index contributed by atoms with van der Waals surface area (Å²) >= 11 is 10.0. The topological polar surface area (TPSA) is 0 Å². The fraction of sp³-hybridized carbons (Fsp3) is 0.778. The molecule has 0 radical (unpaired) electrons. The van der Waals surface area contributed by atoms with Crippen molar-refractivity contribution in [3.8, 4) is 0 Å². The summed E-state index contributed by atoms with van der Waals surface area (Å²) in [6, 6.07) is 0. The van der Waals surface area contributed by atoms with E-state index >= 15 is 0 Å². The Morgan fingerprint density at radius 1 is 1.42 bits per heavy atom. The minimum Gasteiger partial charge on any atom is -0.129 e. The Labute approximate surface area is 88.5 Å². The fourth-order valence-corrected chi connectivity index (χ4v) is 4.26. The first-order valence-corrected chi connectivity index (χ1v) is 6.79. The van der Waals surface area contributed by atoms with Crippen LogP contribution in [0.15, 0.2) is 9.81 Å². The molecule has 0 aliphatic carbocycles. The zero-order valence-corrected chi connectivity index (χ0v) is 9.99. The molecule has 0 spiro atoms. The summed E-state index contributed by atoms with van der Waals surface area (Å²) in [5, 5.41) is 0.212. The van der Waals surface area contributed by atoms with E-state index < -0.39 is 0 Å². The maximum absolute atomic E-state index is 6.10. The smallest absolute Gasteiger partial charge is 0.0624 e. The Bertz CT molecular complexity index is 175. The molecule has 1 rings (SSSR count). The molecule has 1 atom stereocenters. The molecule has 0 nitrogen and oxygen atoms in total. The third-order valence-corrected chi connectivity index (χ3v) is 4.97. The van der Waals surface area contributed by atoms with Gasteiger partial charge in [0.25, 0.3) is 0 Å². The number of rotatable bonds is 3. The second kappa shape index (κ2) is 5.46. The van der Waals surface area contributed by atoms with Crippen LogP contribution in [0, 0.1) is 0 Å². The first-order valence-electron chi connectivity index (χ1n) is 4.38. The zero-order chi connectivity index (χ0) is 8.97. The quantitative estimate of drug-likeness (QED) is 0.660. The highest BCUT2D eigenvalue weighted by molar-refractivity contribution is 8.10. The van der Waals surface area contributed by atoms with Crippen molar-refractivity contribution in [1.82, 2.24) is 0 Å². The Morgan fingerprint density at radius 2 is 2.08 bits per heavy atom. The molecule has 12 heavy (non-hydrogen) atoms. The molecule has 0 aromatic carbocycles. The fourth-order valence-electron chi connectivity index (χ4n) is 1.23. The van der Waals surface area contributed by atoms with Crippen molar-refractivity contribution in [1.29, 1.82) is 0 Å². The summed E-state index contributed by atoms with van der Waals surface area (Å²) in [4.78, 5) is 2.96. The van der Waals surface area contributed by atoms with E-state index in [0.717, 1.165) is 0 Å². The van der Waals surface area contributed by atoms with Gasteiger partial charge in [-0.3, -0.25) is 0 Å². The lowest BCUT2D eigenvalue weighted by molar-refractivity contribution is 0.936. The summed E-state index contributed by atoms with van der Waals surface area (Å²) in [5.41, 5.74) is 0. The molecule has 1 unspecified atom stereocenters. The van der Waals surface area contributed by atoms with Gasteiger partial charge >= 0.3 is 0 Å². The third kappa shape index (κ3) is 2.90. The summed E-state index contributed by atoms with van der Waals surface area (Å²) in [5.74, 6) is 2.48. The van der Waals surface area contributed by atoms with Crippen molar-refractivity contribution in [2.45, 2.75) is 32.1 Å². The van der Waals surface area contributed by atoms with E-state index in [0.29, 0.717) is 0 Å². The highest BCUT2D eigenvalue weighted by Gasteiger charge is 2.16. The van der Waals surface area contributed by atoms with Crippen molar-refractivity contribution in [2.75, 3.05) is 11.5 Å². The molecule has 0 saturated carbocycles. The highest BCUT2D eigenvalue weighted by Crippen LogP contribution is 2.39. The average molecular weight is 223 g/mol. The summed E-state index contributed by atoms with van der Waals surface area (Å²) in [7, 11) is 0. The Morgan fingerprint density at radius 3 is 2.67 bits per heavy atom. The molecular weight excluding hydrogens is 208 g/mol. The van der Waals surface area contributed by atoms with Crippen molar-refractivity contribution < 1.29 is 0 Å². The van der Waals surface area contributed by atoms with Crippen molar-refractivity contribution in [3.05, 3.63) is 9.81 Å². The number of allylic oxidation sites excluding steroid dienone is 2. The van der Waals surface area contributed by atoms with Crippen LogP contribution in [0.3, 0.4) is 0 Å². The van der Waals surface area contributed by atoms with Gasteiger partial charge in [-0.25, -0.2) is 0 Å². The van der Waals surface area contributed by atoms with Crippen LogP contribution in [0.5, 0.6) is 0 Å². The van der Waals surface area contributed by atoms with Gasteiger partial charge in [-0.1, -0.05) is 13.3 Å². The Balaban J connectivity index is 2.68. The number of halogens is 1. The summed E-state index contributed by atoms with van der Waals surface area (Å²) < 4.78 is 0. The predicted molar refractivity (Wildman–Crippen MR) is 62.2 cm³/mol. The monoisotopic (exact) mass is 222 g/mol. The number of hydrogen-bond donors (Lipinski definition) is 0. The van der Waals surface area contributed by atoms with Crippen LogP contribution in [0.2, 0.25) is 0 Å². The second-order valence-corrected chi connectivity index (χ2v) is 5.83. The third-order valence-electron chi connectivity index (χ3n) is 1.73. The first-order chi connectivity index (χ1) is 5.75. The molecule has 1 heterocycles. The number of thioether (sulfide) groups is 2. The van der Waals surface area contributed by atoms with E-state index in [1.807, 2.05) is 23.5 Å². The highest BCUT2D eigenvalue weighted by atomic mass is 35.5. The summed E-state index contributed by atoms with van der Waals surface area (Å²) in [6.07, 6.45) is 2.44. The largest absolute Gasteiger partial charge is 0.129 e. The van der Waals surface area contributed by atoms with E-state index in [2.05, 4.69) is 13.8 Å². The van der Waals surface area contributed by atoms with Gasteiger partial charge in [-0.15, -0.1) is 35.1 Å². The van der Waals surface area contributed by atoms with Crippen LogP contribution in [0.4, 0.5) is 0 Å². The number of alkyl halides is 1. The minimum atomic E-state index is 0.212. The standard InChI is InChI=1S/C9H15ClS2/c1-3-4-8-9(7(2)10)12-6-5-11-8/h7H,3-6H2,1-2H3. The van der Waals surface area contributed by atoms with E-state index in [-0.39, 0.29) is 5.38 Å². The van der Waals surface area contributed by atoms with Gasteiger partial charge in [0, 0.05) is 16.4 Å². The lowest BCUT2D eigenvalue weighted by atomic mass is 10.3. The van der Waals surface area contributed by atoms with Gasteiger partial charge < -0.3 is 0 Å². The van der Waals surface area contributed by atoms with Gasteiger partial charge in [-0.05, 0) is 18.2 Å². The molecule has 1 aliphatic heterocycles. The maximum atomic E-state index is 6.10. The van der Waals surface area contributed by atoms with Crippen LogP contribution in [0.25, 0.3) is 0 Å². The van der Waals surface area contributed by atoms with Gasteiger partial charge in [0.15, 0.2) is 0 Å². The number of hydrogen-bond acceptors (Lipinski definition) is 2. The van der Waals surface area contributed by atoms with E-state index in [4.69, 9.17) is 11.6 Å². The SMILES string of the molecule is CCCC1=C(C(C)Cl)SCCS1. The maximum Gasteiger partial charge on any atom is 0.0624 e. The van der Waals surface area contributed by atoms with Gasteiger partial charge in [0.1, 0.15) is 0 Å². The Kier molecular flexibility index (Phi) is 4.92. The minimum absolute atomic E-state index is 0.212. The molecule has 0 aromatic heterocycles. The molecule has 1 aliphatic rings. The molecule has 0 amide bonds. The predicted octanol–water partition coefficient (Wildman–Crippen LogP) is 4.11. The molecule has 3 heteroatoms. The normalized spacial score (nSPS) is 21.2. The van der Waals surface area contributed by atoms with Gasteiger partial charge in [-0.2, -0.15) is 0 Å². The summed E-state index contributed by atoms with van der Waals surface area (Å²) in [6.45, 7) is 4.30. The van der Waals surface area contributed by atoms with Gasteiger partial charge in [0.2, 0.25) is 0 Å².